The first-order valence-electron chi connectivity index (χ1n) is 1.58. The molecule has 0 aromatic heterocycles. The summed E-state index contributed by atoms with van der Waals surface area (Å²) in [6.07, 6.45) is 0.866. The topological polar surface area (TPSA) is 43.4 Å². The molecule has 0 aliphatic carbocycles. The second-order valence-electron chi connectivity index (χ2n) is 1.06. The number of halogens is 2. The molecule has 0 amide bonds. The molecular formula is C2H4Cl2O3S. The van der Waals surface area contributed by atoms with Crippen LogP contribution in [0.25, 0.3) is 0 Å². The quantitative estimate of drug-likeness (QED) is 0.463. The Balaban J connectivity index is 3.75. The fraction of sp³-hybridized carbons (Fsp3) is 1.00. The molecule has 0 saturated heterocycles. The highest BCUT2D eigenvalue weighted by Crippen LogP contribution is 2.05. The van der Waals surface area contributed by atoms with E-state index in [0.717, 1.165) is 6.26 Å². The highest BCUT2D eigenvalue weighted by molar-refractivity contribution is 7.86. The van der Waals surface area contributed by atoms with Crippen molar-refractivity contribution >= 4 is 33.3 Å². The molecule has 3 nitrogen and oxygen atoms in total. The Labute approximate surface area is 57.7 Å². The van der Waals surface area contributed by atoms with Crippen LogP contribution in [-0.2, 0) is 14.3 Å². The predicted molar refractivity (Wildman–Crippen MR) is 31.4 cm³/mol. The van der Waals surface area contributed by atoms with Gasteiger partial charge in [0.1, 0.15) is 0 Å². The lowest BCUT2D eigenvalue weighted by Crippen LogP contribution is -2.05. The first-order valence-corrected chi connectivity index (χ1v) is 4.27. The molecule has 0 fully saturated rings. The molecule has 0 rings (SSSR count). The van der Waals surface area contributed by atoms with Gasteiger partial charge in [-0.1, -0.05) is 23.2 Å². The van der Waals surface area contributed by atoms with Crippen LogP contribution >= 0.6 is 23.2 Å². The second-order valence-corrected chi connectivity index (χ2v) is 3.68. The van der Waals surface area contributed by atoms with Crippen LogP contribution in [0.15, 0.2) is 0 Å². The summed E-state index contributed by atoms with van der Waals surface area (Å²) in [4.78, 5) is 0. The zero-order chi connectivity index (χ0) is 6.78. The van der Waals surface area contributed by atoms with Crippen molar-refractivity contribution in [2.75, 3.05) is 6.26 Å². The maximum Gasteiger partial charge on any atom is 0.267 e. The van der Waals surface area contributed by atoms with Crippen molar-refractivity contribution in [2.24, 2.45) is 0 Å². The first-order chi connectivity index (χ1) is 3.42. The molecule has 0 aromatic carbocycles. The summed E-state index contributed by atoms with van der Waals surface area (Å²) in [6.45, 7) is 0. The molecule has 6 heteroatoms. The fourth-order valence-electron chi connectivity index (χ4n) is 0.132. The molecule has 0 N–H and O–H groups in total. The average Bonchev–Trinajstić information content (AvgIpc) is 1.21. The molecule has 0 aromatic rings. The maximum absolute atomic E-state index is 10.1. The van der Waals surface area contributed by atoms with Crippen molar-refractivity contribution in [1.82, 2.24) is 0 Å². The van der Waals surface area contributed by atoms with Crippen LogP contribution in [0.1, 0.15) is 0 Å². The van der Waals surface area contributed by atoms with Crippen LogP contribution in [0, 0.1) is 0 Å². The zero-order valence-electron chi connectivity index (χ0n) is 3.97. The Morgan fingerprint density at radius 2 is 1.88 bits per heavy atom. The highest BCUT2D eigenvalue weighted by atomic mass is 35.5. The third-order valence-electron chi connectivity index (χ3n) is 0.248. The summed E-state index contributed by atoms with van der Waals surface area (Å²) in [5, 5.41) is -1.30. The van der Waals surface area contributed by atoms with Gasteiger partial charge < -0.3 is 0 Å². The average molecular weight is 179 g/mol. The van der Waals surface area contributed by atoms with Gasteiger partial charge in [-0.05, 0) is 0 Å². The van der Waals surface area contributed by atoms with E-state index in [2.05, 4.69) is 4.18 Å². The van der Waals surface area contributed by atoms with Crippen LogP contribution < -0.4 is 0 Å². The van der Waals surface area contributed by atoms with Crippen molar-refractivity contribution in [3.8, 4) is 0 Å². The Bertz CT molecular complexity index is 149. The molecule has 0 bridgehead atoms. The SMILES string of the molecule is CS(=O)(=O)OC(Cl)Cl. The first kappa shape index (κ1) is 8.49. The van der Waals surface area contributed by atoms with Crippen molar-refractivity contribution in [2.45, 2.75) is 5.02 Å². The molecule has 50 valence electrons. The standard InChI is InChI=1S/C2H4Cl2O3S/c1-8(5,6)7-2(3)4/h2H,1H3. The van der Waals surface area contributed by atoms with Gasteiger partial charge >= 0.3 is 0 Å². The predicted octanol–water partition coefficient (Wildman–Crippen LogP) is 0.724. The van der Waals surface area contributed by atoms with Gasteiger partial charge in [-0.15, -0.1) is 0 Å². The van der Waals surface area contributed by atoms with Gasteiger partial charge in [0, 0.05) is 0 Å². The summed E-state index contributed by atoms with van der Waals surface area (Å²) in [5.74, 6) is 0. The van der Waals surface area contributed by atoms with Crippen LogP contribution in [0.3, 0.4) is 0 Å². The van der Waals surface area contributed by atoms with E-state index in [0.29, 0.717) is 0 Å². The Morgan fingerprint density at radius 3 is 1.88 bits per heavy atom. The maximum atomic E-state index is 10.1. The molecular weight excluding hydrogens is 175 g/mol. The monoisotopic (exact) mass is 178 g/mol. The van der Waals surface area contributed by atoms with Crippen LogP contribution in [0.2, 0.25) is 0 Å². The van der Waals surface area contributed by atoms with E-state index >= 15 is 0 Å². The van der Waals surface area contributed by atoms with Crippen LogP contribution in [0.5, 0.6) is 0 Å². The number of alkyl halides is 2. The summed E-state index contributed by atoms with van der Waals surface area (Å²) in [5.41, 5.74) is 0. The summed E-state index contributed by atoms with van der Waals surface area (Å²) >= 11 is 9.85. The molecule has 8 heavy (non-hydrogen) atoms. The van der Waals surface area contributed by atoms with Crippen molar-refractivity contribution in [3.63, 3.8) is 0 Å². The third-order valence-corrected chi connectivity index (χ3v) is 1.18. The van der Waals surface area contributed by atoms with E-state index in [1.807, 2.05) is 0 Å². The molecule has 0 unspecified atom stereocenters. The number of hydrogen-bond donors (Lipinski definition) is 0. The third kappa shape index (κ3) is 6.49. The molecule has 0 atom stereocenters. The van der Waals surface area contributed by atoms with Crippen molar-refractivity contribution in [1.29, 1.82) is 0 Å². The number of rotatable bonds is 2. The lowest BCUT2D eigenvalue weighted by molar-refractivity contribution is 0.354. The minimum Gasteiger partial charge on any atom is -0.234 e. The highest BCUT2D eigenvalue weighted by Gasteiger charge is 2.06. The number of hydrogen-bond acceptors (Lipinski definition) is 3. The minimum absolute atomic E-state index is 0.866. The van der Waals surface area contributed by atoms with Gasteiger partial charge in [0.2, 0.25) is 5.02 Å². The van der Waals surface area contributed by atoms with Crippen LogP contribution in [-0.4, -0.2) is 19.7 Å². The molecule has 0 aliphatic heterocycles. The fourth-order valence-corrected chi connectivity index (χ4v) is 1.19. The van der Waals surface area contributed by atoms with Gasteiger partial charge in [0.15, 0.2) is 0 Å². The van der Waals surface area contributed by atoms with Gasteiger partial charge in [-0.3, -0.25) is 0 Å². The molecule has 0 aliphatic rings. The van der Waals surface area contributed by atoms with Gasteiger partial charge in [-0.25, -0.2) is 4.18 Å². The normalized spacial score (nSPS) is 12.5. The van der Waals surface area contributed by atoms with E-state index < -0.39 is 15.1 Å². The van der Waals surface area contributed by atoms with Gasteiger partial charge in [-0.2, -0.15) is 8.42 Å². The lowest BCUT2D eigenvalue weighted by atomic mass is 11.7. The van der Waals surface area contributed by atoms with E-state index in [4.69, 9.17) is 23.2 Å². The Kier molecular flexibility index (Phi) is 3.04. The second kappa shape index (κ2) is 2.87. The van der Waals surface area contributed by atoms with Crippen LogP contribution in [0.4, 0.5) is 0 Å². The summed E-state index contributed by atoms with van der Waals surface area (Å²) < 4.78 is 24.0. The molecule has 0 heterocycles. The Morgan fingerprint density at radius 1 is 1.50 bits per heavy atom. The molecule has 0 radical (unpaired) electrons. The largest absolute Gasteiger partial charge is 0.267 e. The smallest absolute Gasteiger partial charge is 0.234 e. The van der Waals surface area contributed by atoms with E-state index in [-0.39, 0.29) is 0 Å². The van der Waals surface area contributed by atoms with Crippen molar-refractivity contribution < 1.29 is 12.6 Å². The lowest BCUT2D eigenvalue weighted by Gasteiger charge is -1.97. The molecule has 0 saturated carbocycles. The van der Waals surface area contributed by atoms with Crippen molar-refractivity contribution in [3.05, 3.63) is 0 Å². The van der Waals surface area contributed by atoms with E-state index in [9.17, 15) is 8.42 Å². The van der Waals surface area contributed by atoms with E-state index in [1.165, 1.54) is 0 Å². The van der Waals surface area contributed by atoms with E-state index in [1.54, 1.807) is 0 Å². The summed E-state index contributed by atoms with van der Waals surface area (Å²) in [6, 6.07) is 0. The minimum atomic E-state index is -3.49. The summed E-state index contributed by atoms with van der Waals surface area (Å²) in [7, 11) is -3.49. The zero-order valence-corrected chi connectivity index (χ0v) is 6.29. The van der Waals surface area contributed by atoms with Gasteiger partial charge in [0.05, 0.1) is 6.26 Å². The molecule has 0 spiro atoms. The Hall–Kier alpha value is 0.490. The van der Waals surface area contributed by atoms with Gasteiger partial charge in [0.25, 0.3) is 10.1 Å².